The van der Waals surface area contributed by atoms with Crippen LogP contribution in [-0.4, -0.2) is 31.7 Å². The van der Waals surface area contributed by atoms with Crippen LogP contribution in [0.4, 0.5) is 0 Å². The molecular weight excluding hydrogens is 332 g/mol. The minimum Gasteiger partial charge on any atom is -0.378 e. The van der Waals surface area contributed by atoms with Crippen LogP contribution >= 0.6 is 28.3 Å². The average molecular weight is 350 g/mol. The molecule has 1 heterocycles. The Hall–Kier alpha value is -0.620. The zero-order valence-corrected chi connectivity index (χ0v) is 12.9. The molecule has 4 nitrogen and oxygen atoms in total. The lowest BCUT2D eigenvalue weighted by Crippen LogP contribution is -2.44. The van der Waals surface area contributed by atoms with Crippen molar-refractivity contribution in [1.29, 1.82) is 0 Å². The molecule has 0 bridgehead atoms. The van der Waals surface area contributed by atoms with Crippen molar-refractivity contribution in [2.45, 2.75) is 19.0 Å². The number of hydrogen-bond donors (Lipinski definition) is 2. The maximum atomic E-state index is 11.7. The summed E-state index contributed by atoms with van der Waals surface area (Å²) < 4.78 is 6.35. The van der Waals surface area contributed by atoms with Gasteiger partial charge in [0, 0.05) is 30.0 Å². The first-order valence-corrected chi connectivity index (χ1v) is 6.85. The molecule has 1 saturated heterocycles. The Labute approximate surface area is 127 Å². The Morgan fingerprint density at radius 3 is 2.79 bits per heavy atom. The molecule has 1 unspecified atom stereocenters. The fraction of sp³-hybridized carbons (Fsp3) is 0.462. The molecular formula is C13H18BrClN2O2. The number of morpholine rings is 1. The molecule has 1 aliphatic heterocycles. The molecule has 106 valence electrons. The lowest BCUT2D eigenvalue weighted by atomic mass is 10.2. The Bertz CT molecular complexity index is 394. The van der Waals surface area contributed by atoms with Crippen LogP contribution in [0.1, 0.15) is 12.0 Å². The minimum atomic E-state index is 0. The van der Waals surface area contributed by atoms with Crippen molar-refractivity contribution < 1.29 is 9.53 Å². The van der Waals surface area contributed by atoms with Crippen molar-refractivity contribution in [2.75, 3.05) is 19.8 Å². The first kappa shape index (κ1) is 16.4. The maximum absolute atomic E-state index is 11.7. The van der Waals surface area contributed by atoms with E-state index in [0.717, 1.165) is 23.2 Å². The first-order chi connectivity index (χ1) is 8.74. The molecule has 0 spiro atoms. The summed E-state index contributed by atoms with van der Waals surface area (Å²) in [4.78, 5) is 11.7. The highest BCUT2D eigenvalue weighted by atomic mass is 79.9. The van der Waals surface area contributed by atoms with Crippen LogP contribution in [0.5, 0.6) is 0 Å². The molecule has 19 heavy (non-hydrogen) atoms. The van der Waals surface area contributed by atoms with E-state index in [1.54, 1.807) is 0 Å². The number of ether oxygens (including phenoxy) is 1. The number of halogens is 2. The van der Waals surface area contributed by atoms with E-state index in [4.69, 9.17) is 4.74 Å². The fourth-order valence-electron chi connectivity index (χ4n) is 1.85. The molecule has 1 aliphatic rings. The zero-order valence-electron chi connectivity index (χ0n) is 10.5. The number of carbonyl (C=O) groups is 1. The molecule has 1 aromatic rings. The van der Waals surface area contributed by atoms with Crippen molar-refractivity contribution in [3.8, 4) is 0 Å². The van der Waals surface area contributed by atoms with Gasteiger partial charge in [-0.15, -0.1) is 12.4 Å². The van der Waals surface area contributed by atoms with Crippen LogP contribution in [0.15, 0.2) is 28.7 Å². The monoisotopic (exact) mass is 348 g/mol. The van der Waals surface area contributed by atoms with Gasteiger partial charge in [0.2, 0.25) is 5.91 Å². The molecule has 0 aromatic heterocycles. The predicted molar refractivity (Wildman–Crippen MR) is 80.5 cm³/mol. The summed E-state index contributed by atoms with van der Waals surface area (Å²) in [5, 5.41) is 6.18. The summed E-state index contributed by atoms with van der Waals surface area (Å²) in [6, 6.07) is 8.07. The molecule has 2 rings (SSSR count). The van der Waals surface area contributed by atoms with E-state index in [2.05, 4.69) is 26.6 Å². The number of carbonyl (C=O) groups excluding carboxylic acids is 1. The highest BCUT2D eigenvalue weighted by Gasteiger charge is 2.16. The molecule has 0 aliphatic carbocycles. The van der Waals surface area contributed by atoms with Gasteiger partial charge in [-0.25, -0.2) is 0 Å². The average Bonchev–Trinajstić information content (AvgIpc) is 2.39. The number of hydrogen-bond acceptors (Lipinski definition) is 3. The van der Waals surface area contributed by atoms with Crippen molar-refractivity contribution in [3.05, 3.63) is 34.3 Å². The van der Waals surface area contributed by atoms with Gasteiger partial charge >= 0.3 is 0 Å². The van der Waals surface area contributed by atoms with Crippen LogP contribution < -0.4 is 10.6 Å². The summed E-state index contributed by atoms with van der Waals surface area (Å²) in [7, 11) is 0. The van der Waals surface area contributed by atoms with E-state index < -0.39 is 0 Å². The van der Waals surface area contributed by atoms with Crippen molar-refractivity contribution in [3.63, 3.8) is 0 Å². The third kappa shape index (κ3) is 5.91. The lowest BCUT2D eigenvalue weighted by molar-refractivity contribution is -0.122. The van der Waals surface area contributed by atoms with Crippen LogP contribution in [0.25, 0.3) is 0 Å². The summed E-state index contributed by atoms with van der Waals surface area (Å²) in [6.07, 6.45) is 0.469. The third-order valence-electron chi connectivity index (χ3n) is 2.83. The molecule has 1 atom stereocenters. The van der Waals surface area contributed by atoms with Gasteiger partial charge in [0.05, 0.1) is 13.2 Å². The van der Waals surface area contributed by atoms with E-state index in [-0.39, 0.29) is 24.4 Å². The number of nitrogens with one attached hydrogen (secondary N) is 2. The molecule has 1 aromatic carbocycles. The Kier molecular flexibility index (Phi) is 7.38. The SMILES string of the molecule is Cl.O=C(CC1COCCN1)NCc1ccc(Br)cc1. The number of rotatable bonds is 4. The smallest absolute Gasteiger partial charge is 0.221 e. The summed E-state index contributed by atoms with van der Waals surface area (Å²) in [6.45, 7) is 2.74. The topological polar surface area (TPSA) is 50.4 Å². The van der Waals surface area contributed by atoms with E-state index >= 15 is 0 Å². The van der Waals surface area contributed by atoms with Crippen molar-refractivity contribution in [1.82, 2.24) is 10.6 Å². The minimum absolute atomic E-state index is 0. The van der Waals surface area contributed by atoms with Gasteiger partial charge in [-0.2, -0.15) is 0 Å². The van der Waals surface area contributed by atoms with Gasteiger partial charge in [-0.3, -0.25) is 4.79 Å². The molecule has 2 N–H and O–H groups in total. The fourth-order valence-corrected chi connectivity index (χ4v) is 2.11. The summed E-state index contributed by atoms with van der Waals surface area (Å²) >= 11 is 3.38. The van der Waals surface area contributed by atoms with Crippen LogP contribution in [0.2, 0.25) is 0 Å². The largest absolute Gasteiger partial charge is 0.378 e. The summed E-state index contributed by atoms with van der Waals surface area (Å²) in [5.74, 6) is 0.0564. The van der Waals surface area contributed by atoms with E-state index in [0.29, 0.717) is 19.6 Å². The van der Waals surface area contributed by atoms with Crippen LogP contribution in [0, 0.1) is 0 Å². The van der Waals surface area contributed by atoms with E-state index in [9.17, 15) is 4.79 Å². The second kappa shape index (κ2) is 8.53. The van der Waals surface area contributed by atoms with E-state index in [1.165, 1.54) is 0 Å². The molecule has 1 amide bonds. The highest BCUT2D eigenvalue weighted by molar-refractivity contribution is 9.10. The van der Waals surface area contributed by atoms with Gasteiger partial charge in [-0.1, -0.05) is 28.1 Å². The second-order valence-corrected chi connectivity index (χ2v) is 5.25. The standard InChI is InChI=1S/C13H17BrN2O2.ClH/c14-11-3-1-10(2-4-11)8-16-13(17)7-12-9-18-6-5-15-12;/h1-4,12,15H,5-9H2,(H,16,17);1H. The van der Waals surface area contributed by atoms with Crippen LogP contribution in [-0.2, 0) is 16.1 Å². The Morgan fingerprint density at radius 2 is 2.16 bits per heavy atom. The van der Waals surface area contributed by atoms with Gasteiger partial charge in [0.1, 0.15) is 0 Å². The summed E-state index contributed by atoms with van der Waals surface area (Å²) in [5.41, 5.74) is 1.10. The third-order valence-corrected chi connectivity index (χ3v) is 3.36. The van der Waals surface area contributed by atoms with Gasteiger partial charge < -0.3 is 15.4 Å². The normalized spacial score (nSPS) is 18.5. The lowest BCUT2D eigenvalue weighted by Gasteiger charge is -2.23. The Balaban J connectivity index is 0.00000180. The quantitative estimate of drug-likeness (QED) is 0.872. The van der Waals surface area contributed by atoms with Crippen LogP contribution in [0.3, 0.4) is 0 Å². The van der Waals surface area contributed by atoms with E-state index in [1.807, 2.05) is 24.3 Å². The second-order valence-electron chi connectivity index (χ2n) is 4.33. The van der Waals surface area contributed by atoms with Gasteiger partial charge in [-0.05, 0) is 17.7 Å². The number of amides is 1. The predicted octanol–water partition coefficient (Wildman–Crippen LogP) is 1.87. The van der Waals surface area contributed by atoms with Gasteiger partial charge in [0.15, 0.2) is 0 Å². The van der Waals surface area contributed by atoms with Gasteiger partial charge in [0.25, 0.3) is 0 Å². The number of benzene rings is 1. The molecule has 0 radical (unpaired) electrons. The zero-order chi connectivity index (χ0) is 12.8. The van der Waals surface area contributed by atoms with Crippen molar-refractivity contribution >= 4 is 34.2 Å². The first-order valence-electron chi connectivity index (χ1n) is 6.06. The highest BCUT2D eigenvalue weighted by Crippen LogP contribution is 2.10. The maximum Gasteiger partial charge on any atom is 0.221 e. The molecule has 6 heteroatoms. The van der Waals surface area contributed by atoms with Crippen molar-refractivity contribution in [2.24, 2.45) is 0 Å². The Morgan fingerprint density at radius 1 is 1.42 bits per heavy atom. The molecule has 0 saturated carbocycles. The molecule has 1 fully saturated rings.